The van der Waals surface area contributed by atoms with Crippen LogP contribution in [-0.4, -0.2) is 21.5 Å². The zero-order valence-corrected chi connectivity index (χ0v) is 25.2. The molecule has 10 rings (SSSR count). The van der Waals surface area contributed by atoms with Crippen molar-refractivity contribution in [1.82, 2.24) is 15.0 Å². The van der Waals surface area contributed by atoms with Crippen molar-refractivity contribution in [2.75, 3.05) is 11.9 Å². The van der Waals surface area contributed by atoms with Crippen LogP contribution in [0.3, 0.4) is 0 Å². The lowest BCUT2D eigenvalue weighted by molar-refractivity contribution is 0.629. The van der Waals surface area contributed by atoms with Crippen LogP contribution < -0.4 is 5.32 Å². The van der Waals surface area contributed by atoms with E-state index in [1.54, 1.807) is 0 Å². The fourth-order valence-corrected chi connectivity index (χ4v) is 7.16. The van der Waals surface area contributed by atoms with Crippen molar-refractivity contribution in [3.63, 3.8) is 0 Å². The minimum Gasteiger partial charge on any atom is -0.439 e. The molecule has 0 amide bonds. The second kappa shape index (κ2) is 10.1. The molecule has 2 aromatic heterocycles. The van der Waals surface area contributed by atoms with Crippen LogP contribution in [0.4, 0.5) is 5.88 Å². The van der Waals surface area contributed by atoms with Gasteiger partial charge in [-0.2, -0.15) is 0 Å². The van der Waals surface area contributed by atoms with Crippen molar-refractivity contribution in [3.05, 3.63) is 139 Å². The first-order valence-corrected chi connectivity index (χ1v) is 15.8. The molecule has 0 atom stereocenters. The van der Waals surface area contributed by atoms with Crippen molar-refractivity contribution in [2.45, 2.75) is 0 Å². The van der Waals surface area contributed by atoms with Gasteiger partial charge in [0, 0.05) is 39.7 Å². The van der Waals surface area contributed by atoms with Crippen molar-refractivity contribution in [2.24, 2.45) is 0 Å². The quantitative estimate of drug-likeness (QED) is 0.217. The summed E-state index contributed by atoms with van der Waals surface area (Å²) in [6.45, 7) is 0.708. The Balaban J connectivity index is 1.23. The van der Waals surface area contributed by atoms with Gasteiger partial charge in [0.05, 0.1) is 0 Å². The highest BCUT2D eigenvalue weighted by molar-refractivity contribution is 6.17. The normalized spacial score (nSPS) is 12.7. The minimum atomic E-state index is 0.604. The molecular weight excluding hydrogens is 576 g/mol. The predicted molar refractivity (Wildman–Crippen MR) is 191 cm³/mol. The predicted octanol–water partition coefficient (Wildman–Crippen LogP) is 10.5. The van der Waals surface area contributed by atoms with Crippen LogP contribution >= 0.6 is 0 Å². The van der Waals surface area contributed by atoms with Crippen molar-refractivity contribution < 1.29 is 4.42 Å². The maximum atomic E-state index is 6.70. The first-order valence-electron chi connectivity index (χ1n) is 15.8. The summed E-state index contributed by atoms with van der Waals surface area (Å²) >= 11 is 0. The lowest BCUT2D eigenvalue weighted by atomic mass is 9.93. The van der Waals surface area contributed by atoms with E-state index in [0.717, 1.165) is 50.2 Å². The number of aromatic nitrogens is 3. The van der Waals surface area contributed by atoms with Gasteiger partial charge in [0.25, 0.3) is 0 Å². The van der Waals surface area contributed by atoms with Crippen LogP contribution in [0.5, 0.6) is 0 Å². The molecular formula is C42H26N4O. The Morgan fingerprint density at radius 3 is 1.87 bits per heavy atom. The highest BCUT2D eigenvalue weighted by Crippen LogP contribution is 2.50. The number of anilines is 1. The number of benzene rings is 6. The molecule has 5 heteroatoms. The molecule has 2 aliphatic rings. The van der Waals surface area contributed by atoms with Gasteiger partial charge in [0.1, 0.15) is 5.58 Å². The Labute approximate surface area is 270 Å². The Morgan fingerprint density at radius 1 is 0.489 bits per heavy atom. The van der Waals surface area contributed by atoms with E-state index in [9.17, 15) is 0 Å². The topological polar surface area (TPSA) is 63.8 Å². The van der Waals surface area contributed by atoms with E-state index in [1.807, 2.05) is 60.7 Å². The fraction of sp³-hybridized carbons (Fsp3) is 0.0238. The van der Waals surface area contributed by atoms with E-state index in [0.29, 0.717) is 24.0 Å². The van der Waals surface area contributed by atoms with E-state index in [2.05, 4.69) is 84.2 Å². The first-order chi connectivity index (χ1) is 23.3. The van der Waals surface area contributed by atoms with Crippen molar-refractivity contribution in [1.29, 1.82) is 0 Å². The SMILES string of the molecule is C1=Cc2c(oc3c(-c4cc5c6c(cccc6c4)-c4ccccc4-5)ccc(-c4nc(-c5ccccc5)nc(-c5ccccc5)n4)c23)NC1. The third-order valence-electron chi connectivity index (χ3n) is 9.28. The molecule has 47 heavy (non-hydrogen) atoms. The number of fused-ring (bicyclic) bond motifs is 6. The van der Waals surface area contributed by atoms with Crippen LogP contribution in [0, 0.1) is 0 Å². The van der Waals surface area contributed by atoms with Crippen LogP contribution in [0.15, 0.2) is 138 Å². The van der Waals surface area contributed by atoms with E-state index < -0.39 is 0 Å². The Morgan fingerprint density at radius 2 is 1.13 bits per heavy atom. The van der Waals surface area contributed by atoms with Crippen molar-refractivity contribution >= 4 is 33.7 Å². The van der Waals surface area contributed by atoms with E-state index >= 15 is 0 Å². The number of hydrogen-bond acceptors (Lipinski definition) is 5. The molecule has 0 unspecified atom stereocenters. The molecule has 0 saturated carbocycles. The Bertz CT molecular complexity index is 2510. The molecule has 1 N–H and O–H groups in total. The van der Waals surface area contributed by atoms with Gasteiger partial charge in [0.2, 0.25) is 5.88 Å². The molecule has 3 heterocycles. The second-order valence-corrected chi connectivity index (χ2v) is 12.0. The second-order valence-electron chi connectivity index (χ2n) is 12.0. The lowest BCUT2D eigenvalue weighted by Crippen LogP contribution is -2.02. The molecule has 0 saturated heterocycles. The van der Waals surface area contributed by atoms with E-state index in [-0.39, 0.29) is 0 Å². The molecule has 0 spiro atoms. The summed E-state index contributed by atoms with van der Waals surface area (Å²) in [5.41, 5.74) is 11.8. The molecule has 5 nitrogen and oxygen atoms in total. The highest BCUT2D eigenvalue weighted by atomic mass is 16.4. The average molecular weight is 603 g/mol. The number of hydrogen-bond donors (Lipinski definition) is 1. The van der Waals surface area contributed by atoms with Gasteiger partial charge in [-0.3, -0.25) is 0 Å². The standard InChI is InChI=1S/C42H26N4O/c1-3-11-25(12-4-1)39-44-40(26-13-5-2-6-14-26)46-41(45-39)33-21-20-29(38-37(33)34-19-10-22-43-42(34)47-38)28-23-27-15-9-18-32-30-16-7-8-17-31(30)35(24-28)36(27)32/h1-21,23-24,43H,22H2. The Hall–Kier alpha value is -6.33. The lowest BCUT2D eigenvalue weighted by Gasteiger charge is -2.12. The van der Waals surface area contributed by atoms with Gasteiger partial charge >= 0.3 is 0 Å². The number of rotatable bonds is 4. The van der Waals surface area contributed by atoms with Crippen LogP contribution in [0.25, 0.3) is 95.4 Å². The minimum absolute atomic E-state index is 0.604. The zero-order valence-electron chi connectivity index (χ0n) is 25.2. The molecule has 0 bridgehead atoms. The summed E-state index contributed by atoms with van der Waals surface area (Å²) < 4.78 is 6.70. The molecule has 8 aromatic rings. The molecule has 1 aliphatic heterocycles. The monoisotopic (exact) mass is 602 g/mol. The molecule has 0 fully saturated rings. The zero-order chi connectivity index (χ0) is 30.9. The number of nitrogens with zero attached hydrogens (tertiary/aromatic N) is 3. The third kappa shape index (κ3) is 4.00. The van der Waals surface area contributed by atoms with Crippen LogP contribution in [0.1, 0.15) is 5.56 Å². The summed E-state index contributed by atoms with van der Waals surface area (Å²) in [5, 5.41) is 6.96. The first kappa shape index (κ1) is 25.9. The van der Waals surface area contributed by atoms with Gasteiger partial charge in [-0.15, -0.1) is 0 Å². The fourth-order valence-electron chi connectivity index (χ4n) is 7.16. The van der Waals surface area contributed by atoms with Gasteiger partial charge in [-0.25, -0.2) is 15.0 Å². The Kier molecular flexibility index (Phi) is 5.57. The maximum absolute atomic E-state index is 6.70. The molecule has 6 aromatic carbocycles. The summed E-state index contributed by atoms with van der Waals surface area (Å²) in [6, 6.07) is 44.4. The maximum Gasteiger partial charge on any atom is 0.201 e. The van der Waals surface area contributed by atoms with Crippen LogP contribution in [-0.2, 0) is 0 Å². The summed E-state index contributed by atoms with van der Waals surface area (Å²) in [7, 11) is 0. The largest absolute Gasteiger partial charge is 0.439 e. The van der Waals surface area contributed by atoms with Crippen LogP contribution in [0.2, 0.25) is 0 Å². The van der Waals surface area contributed by atoms with E-state index in [1.165, 1.54) is 33.0 Å². The van der Waals surface area contributed by atoms with Gasteiger partial charge in [0.15, 0.2) is 17.5 Å². The summed E-state index contributed by atoms with van der Waals surface area (Å²) in [5.74, 6) is 2.62. The molecule has 220 valence electrons. The van der Waals surface area contributed by atoms with Gasteiger partial charge < -0.3 is 9.73 Å². The summed E-state index contributed by atoms with van der Waals surface area (Å²) in [6.07, 6.45) is 4.27. The number of furan rings is 1. The third-order valence-corrected chi connectivity index (χ3v) is 9.28. The number of nitrogens with one attached hydrogen (secondary N) is 1. The smallest absolute Gasteiger partial charge is 0.201 e. The van der Waals surface area contributed by atoms with Gasteiger partial charge in [-0.05, 0) is 62.9 Å². The van der Waals surface area contributed by atoms with Gasteiger partial charge in [-0.1, -0.05) is 115 Å². The van der Waals surface area contributed by atoms with E-state index in [4.69, 9.17) is 19.4 Å². The highest BCUT2D eigenvalue weighted by Gasteiger charge is 2.26. The molecule has 0 radical (unpaired) electrons. The summed E-state index contributed by atoms with van der Waals surface area (Å²) in [4.78, 5) is 15.1. The van der Waals surface area contributed by atoms with Crippen molar-refractivity contribution in [3.8, 4) is 67.5 Å². The molecule has 1 aliphatic carbocycles. The average Bonchev–Trinajstić information content (AvgIpc) is 3.69.